The van der Waals surface area contributed by atoms with Crippen LogP contribution in [0, 0.1) is 5.41 Å². The number of amides is 2. The topological polar surface area (TPSA) is 98.2 Å². The largest absolute Gasteiger partial charge is 0.352 e. The first kappa shape index (κ1) is 23.9. The minimum Gasteiger partial charge on any atom is -0.352 e. The summed E-state index contributed by atoms with van der Waals surface area (Å²) in [6.07, 6.45) is 4.19. The summed E-state index contributed by atoms with van der Waals surface area (Å²) < 4.78 is 0. The Morgan fingerprint density at radius 2 is 1.57 bits per heavy atom. The van der Waals surface area contributed by atoms with Crippen LogP contribution < -0.4 is 10.6 Å². The summed E-state index contributed by atoms with van der Waals surface area (Å²) in [4.78, 5) is 32.3. The quantitative estimate of drug-likeness (QED) is 0.350. The van der Waals surface area contributed by atoms with Crippen LogP contribution in [0.3, 0.4) is 0 Å². The van der Waals surface area contributed by atoms with Crippen molar-refractivity contribution in [3.63, 3.8) is 0 Å². The first-order valence-corrected chi connectivity index (χ1v) is 12.1. The molecule has 5 rings (SSSR count). The molecule has 3 N–H and O–H groups in total. The van der Waals surface area contributed by atoms with Crippen molar-refractivity contribution in [3.8, 4) is 0 Å². The number of nitrogens with zero attached hydrogens (tertiary/aromatic N) is 2. The molecule has 1 aliphatic heterocycles. The molecule has 2 amide bonds. The van der Waals surface area contributed by atoms with Gasteiger partial charge in [0.2, 0.25) is 0 Å². The number of benzene rings is 3. The second-order valence-corrected chi connectivity index (χ2v) is 8.91. The van der Waals surface area contributed by atoms with E-state index < -0.39 is 5.54 Å². The van der Waals surface area contributed by atoms with Crippen molar-refractivity contribution in [1.82, 2.24) is 20.5 Å². The highest BCUT2D eigenvalue weighted by Crippen LogP contribution is 2.36. The van der Waals surface area contributed by atoms with E-state index >= 15 is 0 Å². The molecule has 0 atom stereocenters. The molecule has 37 heavy (non-hydrogen) atoms. The van der Waals surface area contributed by atoms with Gasteiger partial charge in [-0.2, -0.15) is 0 Å². The summed E-state index contributed by atoms with van der Waals surface area (Å²) in [6.45, 7) is 0.660. The second kappa shape index (κ2) is 10.5. The van der Waals surface area contributed by atoms with Crippen LogP contribution in [0.4, 0.5) is 0 Å². The van der Waals surface area contributed by atoms with E-state index in [0.717, 1.165) is 22.3 Å². The van der Waals surface area contributed by atoms with E-state index in [-0.39, 0.29) is 24.3 Å². The van der Waals surface area contributed by atoms with Gasteiger partial charge in [-0.25, -0.2) is 0 Å². The number of hydrogen-bond acceptors (Lipinski definition) is 4. The average Bonchev–Trinajstić information content (AvgIpc) is 3.20. The first-order valence-electron chi connectivity index (χ1n) is 12.1. The summed E-state index contributed by atoms with van der Waals surface area (Å²) in [5.74, 6) is -0.403. The van der Waals surface area contributed by atoms with Crippen molar-refractivity contribution >= 4 is 17.8 Å². The Balaban J connectivity index is 1.34. The van der Waals surface area contributed by atoms with Gasteiger partial charge >= 0.3 is 0 Å². The Bertz CT molecular complexity index is 1370. The van der Waals surface area contributed by atoms with Gasteiger partial charge in [-0.3, -0.25) is 24.9 Å². The lowest BCUT2D eigenvalue weighted by Gasteiger charge is -2.28. The van der Waals surface area contributed by atoms with E-state index in [1.54, 1.807) is 30.6 Å². The molecule has 2 heterocycles. The number of nitrogens with one attached hydrogen (secondary N) is 3. The number of rotatable bonds is 8. The molecule has 0 radical (unpaired) electrons. The van der Waals surface area contributed by atoms with Crippen LogP contribution in [0.5, 0.6) is 0 Å². The summed E-state index contributed by atoms with van der Waals surface area (Å²) >= 11 is 0. The number of carbonyl (C=O) groups is 2. The van der Waals surface area contributed by atoms with E-state index in [2.05, 4.69) is 15.6 Å². The third-order valence-corrected chi connectivity index (χ3v) is 6.51. The highest BCUT2D eigenvalue weighted by Gasteiger charge is 2.52. The molecule has 1 saturated heterocycles. The van der Waals surface area contributed by atoms with Gasteiger partial charge in [0.25, 0.3) is 11.8 Å². The Morgan fingerprint density at radius 1 is 0.892 bits per heavy atom. The molecule has 0 unspecified atom stereocenters. The van der Waals surface area contributed by atoms with Crippen LogP contribution in [0.25, 0.3) is 0 Å². The van der Waals surface area contributed by atoms with Crippen molar-refractivity contribution in [1.29, 1.82) is 5.41 Å². The van der Waals surface area contributed by atoms with Gasteiger partial charge < -0.3 is 10.6 Å². The summed E-state index contributed by atoms with van der Waals surface area (Å²) in [7, 11) is 0. The fraction of sp³-hybridized carbons (Fsp3) is 0.133. The molecule has 1 aromatic heterocycles. The van der Waals surface area contributed by atoms with Crippen LogP contribution in [0.1, 0.15) is 32.6 Å². The minimum atomic E-state index is -1.19. The van der Waals surface area contributed by atoms with Gasteiger partial charge in [0, 0.05) is 24.5 Å². The molecule has 184 valence electrons. The monoisotopic (exact) mass is 489 g/mol. The lowest BCUT2D eigenvalue weighted by Crippen LogP contribution is -2.45. The Morgan fingerprint density at radius 3 is 2.22 bits per heavy atom. The van der Waals surface area contributed by atoms with E-state index in [0.29, 0.717) is 18.5 Å². The standard InChI is InChI=1S/C30H27N5O2/c31-29-34-30(25-12-3-1-4-13-25,26-14-5-2-6-15-26)28(37)35(29)21-23-9-7-11-24(19-23)27(36)33-18-16-22-10-8-17-32-20-22/h1-15,17,19-20H,16,18,21H2,(H2,31,34)(H,33,36). The van der Waals surface area contributed by atoms with Crippen LogP contribution in [0.2, 0.25) is 0 Å². The predicted molar refractivity (Wildman–Crippen MR) is 142 cm³/mol. The fourth-order valence-corrected chi connectivity index (χ4v) is 4.65. The molecule has 4 aromatic rings. The van der Waals surface area contributed by atoms with Crippen LogP contribution in [-0.2, 0) is 23.3 Å². The van der Waals surface area contributed by atoms with Gasteiger partial charge in [-0.05, 0) is 46.9 Å². The van der Waals surface area contributed by atoms with Crippen molar-refractivity contribution in [2.24, 2.45) is 0 Å². The van der Waals surface area contributed by atoms with Gasteiger partial charge in [-0.1, -0.05) is 78.9 Å². The Kier molecular flexibility index (Phi) is 6.76. The Labute approximate surface area is 215 Å². The van der Waals surface area contributed by atoms with E-state index in [1.165, 1.54) is 4.90 Å². The molecule has 7 nitrogen and oxygen atoms in total. The van der Waals surface area contributed by atoms with Crippen molar-refractivity contribution in [2.45, 2.75) is 18.5 Å². The molecule has 7 heteroatoms. The third-order valence-electron chi connectivity index (χ3n) is 6.51. The van der Waals surface area contributed by atoms with Crippen LogP contribution >= 0.6 is 0 Å². The minimum absolute atomic E-state index is 0.0176. The average molecular weight is 490 g/mol. The van der Waals surface area contributed by atoms with Crippen LogP contribution in [0.15, 0.2) is 109 Å². The molecule has 3 aromatic carbocycles. The van der Waals surface area contributed by atoms with Gasteiger partial charge in [0.15, 0.2) is 11.5 Å². The number of carbonyl (C=O) groups excluding carboxylic acids is 2. The molecular formula is C30H27N5O2. The van der Waals surface area contributed by atoms with E-state index in [9.17, 15) is 9.59 Å². The zero-order chi connectivity index (χ0) is 25.7. The molecule has 0 aliphatic carbocycles. The summed E-state index contributed by atoms with van der Waals surface area (Å²) in [5.41, 5.74) is 2.65. The van der Waals surface area contributed by atoms with Crippen LogP contribution in [-0.4, -0.2) is 34.2 Å². The van der Waals surface area contributed by atoms with Gasteiger partial charge in [-0.15, -0.1) is 0 Å². The molecule has 1 fully saturated rings. The summed E-state index contributed by atoms with van der Waals surface area (Å²) in [6, 6.07) is 29.9. The number of guanidine groups is 1. The lowest BCUT2D eigenvalue weighted by molar-refractivity contribution is -0.130. The second-order valence-electron chi connectivity index (χ2n) is 8.91. The summed E-state index contributed by atoms with van der Waals surface area (Å²) in [5, 5.41) is 14.8. The van der Waals surface area contributed by atoms with Crippen molar-refractivity contribution < 1.29 is 9.59 Å². The molecular weight excluding hydrogens is 462 g/mol. The molecule has 0 spiro atoms. The number of hydrogen-bond donors (Lipinski definition) is 3. The van der Waals surface area contributed by atoms with Gasteiger partial charge in [0.1, 0.15) is 0 Å². The SMILES string of the molecule is N=C1NC(c2ccccc2)(c2ccccc2)C(=O)N1Cc1cccc(C(=O)NCCc2cccnc2)c1. The van der Waals surface area contributed by atoms with E-state index in [4.69, 9.17) is 5.41 Å². The van der Waals surface area contributed by atoms with E-state index in [1.807, 2.05) is 78.9 Å². The smallest absolute Gasteiger partial charge is 0.264 e. The lowest BCUT2D eigenvalue weighted by atomic mass is 9.82. The molecule has 0 saturated carbocycles. The maximum atomic E-state index is 14.0. The zero-order valence-corrected chi connectivity index (χ0v) is 20.2. The fourth-order valence-electron chi connectivity index (χ4n) is 4.65. The van der Waals surface area contributed by atoms with Crippen molar-refractivity contribution in [2.75, 3.05) is 6.54 Å². The third kappa shape index (κ3) is 4.84. The predicted octanol–water partition coefficient (Wildman–Crippen LogP) is 3.86. The normalized spacial score (nSPS) is 14.3. The van der Waals surface area contributed by atoms with Crippen molar-refractivity contribution in [3.05, 3.63) is 137 Å². The van der Waals surface area contributed by atoms with Gasteiger partial charge in [0.05, 0.1) is 6.54 Å². The maximum Gasteiger partial charge on any atom is 0.264 e. The maximum absolute atomic E-state index is 14.0. The Hall–Kier alpha value is -4.78. The highest BCUT2D eigenvalue weighted by molar-refractivity contribution is 6.10. The first-order chi connectivity index (χ1) is 18.1. The molecule has 1 aliphatic rings. The zero-order valence-electron chi connectivity index (χ0n) is 20.2. The molecule has 0 bridgehead atoms. The number of aromatic nitrogens is 1. The highest BCUT2D eigenvalue weighted by atomic mass is 16.2. The number of pyridine rings is 1.